The second-order valence-corrected chi connectivity index (χ2v) is 5.10. The van der Waals surface area contributed by atoms with Crippen LogP contribution in [0.1, 0.15) is 13.3 Å². The molecule has 0 radical (unpaired) electrons. The van der Waals surface area contributed by atoms with Gasteiger partial charge in [0.05, 0.1) is 4.92 Å². The molecule has 5 nitrogen and oxygen atoms in total. The van der Waals surface area contributed by atoms with Gasteiger partial charge in [0.15, 0.2) is 0 Å². The van der Waals surface area contributed by atoms with Gasteiger partial charge in [-0.1, -0.05) is 6.92 Å². The number of hydrogen-bond acceptors (Lipinski definition) is 4. The Hall–Kier alpha value is -1.69. The highest BCUT2D eigenvalue weighted by Gasteiger charge is 2.29. The number of hydrogen-bond donors (Lipinski definition) is 1. The van der Waals surface area contributed by atoms with Crippen molar-refractivity contribution in [3.05, 3.63) is 34.1 Å². The molecular weight excluding hydrogens is 249 g/mol. The number of piperidine rings is 1. The fourth-order valence-electron chi connectivity index (χ4n) is 2.58. The van der Waals surface area contributed by atoms with Crippen molar-refractivity contribution < 1.29 is 9.31 Å². The predicted octanol–water partition coefficient (Wildman–Crippen LogP) is 2.16. The van der Waals surface area contributed by atoms with E-state index in [4.69, 9.17) is 5.73 Å². The Balaban J connectivity index is 2.31. The average molecular weight is 267 g/mol. The highest BCUT2D eigenvalue weighted by Crippen LogP contribution is 2.33. The summed E-state index contributed by atoms with van der Waals surface area (Å²) in [5.41, 5.74) is 6.03. The van der Waals surface area contributed by atoms with Crippen LogP contribution in [0.2, 0.25) is 0 Å². The summed E-state index contributed by atoms with van der Waals surface area (Å²) in [6, 6.07) is 3.58. The van der Waals surface area contributed by atoms with Crippen LogP contribution in [0.4, 0.5) is 15.8 Å². The number of anilines is 1. The molecule has 2 rings (SSSR count). The number of halogens is 1. The van der Waals surface area contributed by atoms with Crippen LogP contribution in [0.25, 0.3) is 0 Å². The quantitative estimate of drug-likeness (QED) is 0.672. The van der Waals surface area contributed by atoms with Gasteiger partial charge in [-0.25, -0.2) is 4.39 Å². The minimum absolute atomic E-state index is 0.0493. The molecular formula is C13H18FN3O2. The third-order valence-electron chi connectivity index (χ3n) is 3.89. The third kappa shape index (κ3) is 2.84. The Morgan fingerprint density at radius 2 is 2.32 bits per heavy atom. The number of nitrogens with two attached hydrogens (primary N) is 1. The van der Waals surface area contributed by atoms with Crippen molar-refractivity contribution in [2.45, 2.75) is 13.3 Å². The van der Waals surface area contributed by atoms with Crippen LogP contribution in [0.15, 0.2) is 18.2 Å². The first kappa shape index (κ1) is 13.7. The molecule has 1 heterocycles. The lowest BCUT2D eigenvalue weighted by Crippen LogP contribution is -2.42. The summed E-state index contributed by atoms with van der Waals surface area (Å²) in [6.45, 7) is 4.01. The van der Waals surface area contributed by atoms with E-state index in [0.717, 1.165) is 12.5 Å². The van der Waals surface area contributed by atoms with E-state index < -0.39 is 10.7 Å². The van der Waals surface area contributed by atoms with Crippen molar-refractivity contribution in [3.63, 3.8) is 0 Å². The van der Waals surface area contributed by atoms with E-state index in [2.05, 4.69) is 6.92 Å². The zero-order chi connectivity index (χ0) is 14.0. The van der Waals surface area contributed by atoms with Gasteiger partial charge < -0.3 is 10.6 Å². The third-order valence-corrected chi connectivity index (χ3v) is 3.89. The maximum Gasteiger partial charge on any atom is 0.292 e. The highest BCUT2D eigenvalue weighted by molar-refractivity contribution is 5.63. The molecule has 1 aromatic carbocycles. The first-order valence-corrected chi connectivity index (χ1v) is 6.42. The fourth-order valence-corrected chi connectivity index (χ4v) is 2.58. The van der Waals surface area contributed by atoms with E-state index in [1.165, 1.54) is 12.1 Å². The van der Waals surface area contributed by atoms with Crippen molar-refractivity contribution in [1.29, 1.82) is 0 Å². The van der Waals surface area contributed by atoms with Gasteiger partial charge in [-0.3, -0.25) is 10.1 Å². The van der Waals surface area contributed by atoms with Crippen LogP contribution in [0.5, 0.6) is 0 Å². The van der Waals surface area contributed by atoms with E-state index in [9.17, 15) is 14.5 Å². The van der Waals surface area contributed by atoms with Crippen LogP contribution >= 0.6 is 0 Å². The summed E-state index contributed by atoms with van der Waals surface area (Å²) in [7, 11) is 0. The second-order valence-electron chi connectivity index (χ2n) is 5.10. The van der Waals surface area contributed by atoms with E-state index in [-0.39, 0.29) is 11.6 Å². The summed E-state index contributed by atoms with van der Waals surface area (Å²) >= 11 is 0. The topological polar surface area (TPSA) is 72.4 Å². The van der Waals surface area contributed by atoms with Gasteiger partial charge in [-0.05, 0) is 30.9 Å². The molecule has 1 aromatic rings. The van der Waals surface area contributed by atoms with Crippen LogP contribution in [-0.2, 0) is 0 Å². The van der Waals surface area contributed by atoms with Gasteiger partial charge in [0.2, 0.25) is 0 Å². The van der Waals surface area contributed by atoms with Crippen molar-refractivity contribution in [2.24, 2.45) is 17.6 Å². The van der Waals surface area contributed by atoms with E-state index in [1.807, 2.05) is 4.90 Å². The molecule has 6 heteroatoms. The van der Waals surface area contributed by atoms with E-state index in [0.29, 0.717) is 31.2 Å². The zero-order valence-electron chi connectivity index (χ0n) is 10.9. The van der Waals surface area contributed by atoms with Crippen molar-refractivity contribution in [1.82, 2.24) is 0 Å². The van der Waals surface area contributed by atoms with Crippen molar-refractivity contribution in [3.8, 4) is 0 Å². The average Bonchev–Trinajstić information content (AvgIpc) is 2.38. The summed E-state index contributed by atoms with van der Waals surface area (Å²) in [5.74, 6) is 0.328. The van der Waals surface area contributed by atoms with Crippen molar-refractivity contribution in [2.75, 3.05) is 24.5 Å². The number of rotatable bonds is 3. The van der Waals surface area contributed by atoms with Crippen LogP contribution in [0, 0.1) is 27.8 Å². The molecule has 0 bridgehead atoms. The second kappa shape index (κ2) is 5.52. The summed E-state index contributed by atoms with van der Waals surface area (Å²) in [5, 5.41) is 11.0. The molecule has 1 aliphatic rings. The molecule has 1 fully saturated rings. The Morgan fingerprint density at radius 1 is 1.58 bits per heavy atom. The largest absolute Gasteiger partial charge is 0.366 e. The molecule has 0 aliphatic carbocycles. The molecule has 2 atom stereocenters. The first-order chi connectivity index (χ1) is 9.02. The Labute approximate surface area is 111 Å². The van der Waals surface area contributed by atoms with E-state index >= 15 is 0 Å². The molecule has 0 amide bonds. The molecule has 0 aromatic heterocycles. The Bertz CT molecular complexity index is 481. The summed E-state index contributed by atoms with van der Waals surface area (Å²) in [6.07, 6.45) is 0.912. The molecule has 1 saturated heterocycles. The van der Waals surface area contributed by atoms with Crippen LogP contribution in [0.3, 0.4) is 0 Å². The lowest BCUT2D eigenvalue weighted by Gasteiger charge is -2.37. The van der Waals surface area contributed by atoms with Crippen LogP contribution < -0.4 is 10.6 Å². The fraction of sp³-hybridized carbons (Fsp3) is 0.538. The SMILES string of the molecule is CC1CCN(c2cc(F)ccc2[N+](=O)[O-])CC1CN. The monoisotopic (exact) mass is 267 g/mol. The standard InChI is InChI=1S/C13H18FN3O2/c1-9-4-5-16(8-10(9)7-15)13-6-11(14)2-3-12(13)17(18)19/h2-3,6,9-10H,4-5,7-8,15H2,1H3. The van der Waals surface area contributed by atoms with Gasteiger partial charge in [-0.2, -0.15) is 0 Å². The molecule has 0 spiro atoms. The summed E-state index contributed by atoms with van der Waals surface area (Å²) in [4.78, 5) is 12.4. The lowest BCUT2D eigenvalue weighted by molar-refractivity contribution is -0.384. The molecule has 104 valence electrons. The predicted molar refractivity (Wildman–Crippen MR) is 71.6 cm³/mol. The van der Waals surface area contributed by atoms with Gasteiger partial charge in [-0.15, -0.1) is 0 Å². The number of benzene rings is 1. The smallest absolute Gasteiger partial charge is 0.292 e. The minimum Gasteiger partial charge on any atom is -0.366 e. The van der Waals surface area contributed by atoms with E-state index in [1.54, 1.807) is 0 Å². The number of nitro groups is 1. The summed E-state index contributed by atoms with van der Waals surface area (Å²) < 4.78 is 13.3. The maximum atomic E-state index is 13.3. The zero-order valence-corrected chi connectivity index (χ0v) is 10.9. The minimum atomic E-state index is -0.468. The normalized spacial score (nSPS) is 23.4. The number of nitro benzene ring substituents is 1. The van der Waals surface area contributed by atoms with Gasteiger partial charge in [0.1, 0.15) is 11.5 Å². The lowest BCUT2D eigenvalue weighted by atomic mass is 9.87. The molecule has 19 heavy (non-hydrogen) atoms. The molecule has 1 aliphatic heterocycles. The van der Waals surface area contributed by atoms with Gasteiger partial charge in [0.25, 0.3) is 5.69 Å². The van der Waals surface area contributed by atoms with Gasteiger partial charge in [0, 0.05) is 25.2 Å². The Kier molecular flexibility index (Phi) is 3.99. The van der Waals surface area contributed by atoms with Crippen molar-refractivity contribution >= 4 is 11.4 Å². The maximum absolute atomic E-state index is 13.3. The van der Waals surface area contributed by atoms with Crippen LogP contribution in [-0.4, -0.2) is 24.6 Å². The molecule has 0 saturated carbocycles. The Morgan fingerprint density at radius 3 is 2.95 bits per heavy atom. The van der Waals surface area contributed by atoms with Gasteiger partial charge >= 0.3 is 0 Å². The molecule has 2 N–H and O–H groups in total. The number of nitrogens with zero attached hydrogens (tertiary/aromatic N) is 2. The first-order valence-electron chi connectivity index (χ1n) is 6.42. The highest BCUT2D eigenvalue weighted by atomic mass is 19.1. The molecule has 2 unspecified atom stereocenters.